The molecule has 0 heterocycles. The van der Waals surface area contributed by atoms with Gasteiger partial charge in [0.15, 0.2) is 0 Å². The van der Waals surface area contributed by atoms with Gasteiger partial charge in [0.05, 0.1) is 0 Å². The van der Waals surface area contributed by atoms with Crippen molar-refractivity contribution in [3.63, 3.8) is 0 Å². The van der Waals surface area contributed by atoms with Gasteiger partial charge in [-0.1, -0.05) is 0 Å². The van der Waals surface area contributed by atoms with Crippen LogP contribution >= 0.6 is 0 Å². The number of nitrogens with two attached hydrogens (primary N) is 3. The summed E-state index contributed by atoms with van der Waals surface area (Å²) in [6, 6.07) is 0. The van der Waals surface area contributed by atoms with E-state index in [4.69, 9.17) is 17.2 Å². The molecule has 0 amide bonds. The Morgan fingerprint density at radius 2 is 0.914 bits per heavy atom. The molecule has 0 unspecified atom stereocenters. The first-order valence-electron chi connectivity index (χ1n) is 10.8. The summed E-state index contributed by atoms with van der Waals surface area (Å²) < 4.78 is 3.12. The van der Waals surface area contributed by atoms with E-state index < -0.39 is 0 Å². The SMILES string of the molecule is CN=C(N)N[C](=[W])NC(C)(C)C.CN=C(N)N[C](=[W])NC(C)(C)C.C[C](=[W])NC(N)=NC(C)(C)C. The van der Waals surface area contributed by atoms with E-state index in [1.807, 2.05) is 27.7 Å². The van der Waals surface area contributed by atoms with Gasteiger partial charge in [0.2, 0.25) is 0 Å². The number of nitrogens with one attached hydrogen (secondary N) is 5. The summed E-state index contributed by atoms with van der Waals surface area (Å²) in [4.78, 5) is 11.8. The van der Waals surface area contributed by atoms with E-state index in [-0.39, 0.29) is 16.6 Å². The minimum absolute atomic E-state index is 0.0676. The number of guanidine groups is 3. The fraction of sp³-hybridized carbons (Fsp3) is 0.714. The van der Waals surface area contributed by atoms with E-state index in [1.54, 1.807) is 14.1 Å². The van der Waals surface area contributed by atoms with Gasteiger partial charge in [-0.05, 0) is 0 Å². The Bertz CT molecular complexity index is 725. The molecule has 0 saturated heterocycles. The van der Waals surface area contributed by atoms with Crippen LogP contribution in [0.5, 0.6) is 0 Å². The molecule has 35 heavy (non-hydrogen) atoms. The standard InChI is InChI=1S/2C7H16N4.C7H15N3.3W/c2*1-7(2,3)11-5-10-6(8)9-4;1-5-9-6(8)10-7(2,3)4;;;/h2*11H,1-4H3,(H3,8,9,10);1-4H3,(H3,8,9,10);;;. The molecule has 11 N–H and O–H groups in total. The molecule has 204 valence electrons. The second kappa shape index (κ2) is 18.6. The van der Waals surface area contributed by atoms with Gasteiger partial charge in [-0.15, -0.1) is 0 Å². The molecule has 0 spiro atoms. The van der Waals surface area contributed by atoms with Crippen molar-refractivity contribution in [3.8, 4) is 0 Å². The Hall–Kier alpha value is -0.595. The summed E-state index contributed by atoms with van der Waals surface area (Å²) in [6.45, 7) is 20.6. The molecule has 14 heteroatoms. The van der Waals surface area contributed by atoms with Crippen LogP contribution in [0.1, 0.15) is 69.2 Å². The van der Waals surface area contributed by atoms with Gasteiger partial charge < -0.3 is 0 Å². The van der Waals surface area contributed by atoms with E-state index in [0.717, 1.165) is 12.3 Å². The third-order valence-electron chi connectivity index (χ3n) is 2.70. The monoisotopic (exact) mass is 1010 g/mol. The van der Waals surface area contributed by atoms with Gasteiger partial charge >= 0.3 is 247 Å². The van der Waals surface area contributed by atoms with Crippen molar-refractivity contribution in [3.05, 3.63) is 0 Å². The predicted octanol–water partition coefficient (Wildman–Crippen LogP) is -0.529. The Morgan fingerprint density at radius 1 is 0.600 bits per heavy atom. The van der Waals surface area contributed by atoms with Gasteiger partial charge in [-0.25, -0.2) is 0 Å². The quantitative estimate of drug-likeness (QED) is 0.134. The van der Waals surface area contributed by atoms with Gasteiger partial charge in [0.25, 0.3) is 0 Å². The molecule has 0 fully saturated rings. The molecule has 0 aliphatic carbocycles. The van der Waals surface area contributed by atoms with Gasteiger partial charge in [-0.3, -0.25) is 0 Å². The molecule has 0 rings (SSSR count). The zero-order valence-corrected chi connectivity index (χ0v) is 32.1. The topological polar surface area (TPSA) is 175 Å². The molecule has 0 atom stereocenters. The van der Waals surface area contributed by atoms with Crippen LogP contribution in [0.15, 0.2) is 15.0 Å². The number of aliphatic imine (C=N–C) groups is 3. The van der Waals surface area contributed by atoms with Crippen LogP contribution in [0.25, 0.3) is 0 Å². The Morgan fingerprint density at radius 3 is 1.11 bits per heavy atom. The first kappa shape index (κ1) is 38.9. The average molecular weight is 1010 g/mol. The van der Waals surface area contributed by atoms with Gasteiger partial charge in [-0.2, -0.15) is 0 Å². The number of rotatable bonds is 5. The summed E-state index contributed by atoms with van der Waals surface area (Å²) in [5.74, 6) is 1.39. The van der Waals surface area contributed by atoms with Crippen LogP contribution in [0, 0.1) is 0 Å². The molecule has 0 aromatic rings. The number of hydrogen-bond acceptors (Lipinski definition) is 5. The first-order valence-corrected chi connectivity index (χ1v) is 15.2. The van der Waals surface area contributed by atoms with Crippen molar-refractivity contribution in [1.29, 1.82) is 0 Å². The number of nitrogens with zero attached hydrogens (tertiary/aromatic N) is 3. The zero-order valence-electron chi connectivity index (χ0n) is 23.3. The maximum absolute atomic E-state index is 5.59. The molecular weight excluding hydrogens is 958 g/mol. The van der Waals surface area contributed by atoms with Crippen molar-refractivity contribution in [1.82, 2.24) is 26.6 Å². The third kappa shape index (κ3) is 35.6. The Kier molecular flexibility index (Phi) is 20.7. The molecule has 11 nitrogen and oxygen atoms in total. The summed E-state index contributed by atoms with van der Waals surface area (Å²) >= 11 is 4.00. The van der Waals surface area contributed by atoms with E-state index in [9.17, 15) is 0 Å². The molecule has 0 saturated carbocycles. The van der Waals surface area contributed by atoms with Crippen LogP contribution < -0.4 is 43.8 Å². The molecule has 0 aliphatic rings. The van der Waals surface area contributed by atoms with Crippen molar-refractivity contribution >= 4 is 30.2 Å². The van der Waals surface area contributed by atoms with E-state index in [2.05, 4.69) is 83.1 Å². The van der Waals surface area contributed by atoms with Gasteiger partial charge in [0, 0.05) is 0 Å². The molecule has 0 aromatic heterocycles. The van der Waals surface area contributed by atoms with Crippen LogP contribution in [0.2, 0.25) is 0 Å². The predicted molar refractivity (Wildman–Crippen MR) is 142 cm³/mol. The summed E-state index contributed by atoms with van der Waals surface area (Å²) in [6.07, 6.45) is 0. The molecule has 0 aromatic carbocycles. The summed E-state index contributed by atoms with van der Waals surface area (Å²) in [5.41, 5.74) is 16.6. The Balaban J connectivity index is -0.000000439. The minimum atomic E-state index is -0.0954. The normalized spacial score (nSPS) is 12.9. The molecule has 0 aliphatic heterocycles. The van der Waals surface area contributed by atoms with E-state index in [1.165, 1.54) is 58.1 Å². The molecular formula is C21H47N11W3. The van der Waals surface area contributed by atoms with Gasteiger partial charge in [0.1, 0.15) is 0 Å². The number of hydrogen-bond donors (Lipinski definition) is 8. The fourth-order valence-corrected chi connectivity index (χ4v) is 4.98. The van der Waals surface area contributed by atoms with Crippen LogP contribution in [0.4, 0.5) is 0 Å². The molecule has 0 radical (unpaired) electrons. The van der Waals surface area contributed by atoms with E-state index >= 15 is 0 Å². The van der Waals surface area contributed by atoms with E-state index in [0.29, 0.717) is 17.9 Å². The first-order chi connectivity index (χ1) is 15.5. The van der Waals surface area contributed by atoms with Crippen LogP contribution in [0.3, 0.4) is 0 Å². The second-order valence-corrected chi connectivity index (χ2v) is 15.4. The summed E-state index contributed by atoms with van der Waals surface area (Å²) in [5, 5.41) is 15.4. The average Bonchev–Trinajstić information content (AvgIpc) is 2.56. The van der Waals surface area contributed by atoms with Crippen LogP contribution in [-0.4, -0.2) is 60.9 Å². The molecule has 0 bridgehead atoms. The summed E-state index contributed by atoms with van der Waals surface area (Å²) in [7, 11) is 3.31. The second-order valence-electron chi connectivity index (χ2n) is 10.2. The third-order valence-corrected chi connectivity index (χ3v) is 4.54. The van der Waals surface area contributed by atoms with Crippen molar-refractivity contribution < 1.29 is 58.1 Å². The Labute approximate surface area is 245 Å². The maximum atomic E-state index is 5.59. The van der Waals surface area contributed by atoms with Crippen molar-refractivity contribution in [2.24, 2.45) is 32.2 Å². The van der Waals surface area contributed by atoms with Crippen molar-refractivity contribution in [2.45, 2.75) is 85.9 Å². The zero-order chi connectivity index (χ0) is 28.6. The van der Waals surface area contributed by atoms with Crippen LogP contribution in [-0.2, 0) is 58.1 Å². The van der Waals surface area contributed by atoms with Crippen molar-refractivity contribution in [2.75, 3.05) is 14.1 Å². The fourth-order valence-electron chi connectivity index (χ4n) is 1.66.